The van der Waals surface area contributed by atoms with Crippen LogP contribution in [0.25, 0.3) is 6.08 Å². The zero-order chi connectivity index (χ0) is 20.4. The van der Waals surface area contributed by atoms with E-state index in [2.05, 4.69) is 0 Å². The van der Waals surface area contributed by atoms with Crippen molar-refractivity contribution in [2.75, 3.05) is 4.90 Å². The van der Waals surface area contributed by atoms with Crippen LogP contribution in [0.15, 0.2) is 75.1 Å². The third-order valence-corrected chi connectivity index (χ3v) is 6.59. The molecule has 8 heteroatoms. The summed E-state index contributed by atoms with van der Waals surface area (Å²) >= 11 is 13.8. The minimum absolute atomic E-state index is 0.150. The lowest BCUT2D eigenvalue weighted by atomic mass is 10.2. The Morgan fingerprint density at radius 1 is 1.14 bits per heavy atom. The molecule has 2 heterocycles. The van der Waals surface area contributed by atoms with Crippen molar-refractivity contribution in [3.63, 3.8) is 0 Å². The van der Waals surface area contributed by atoms with Crippen molar-refractivity contribution in [1.82, 2.24) is 0 Å². The Kier molecular flexibility index (Phi) is 6.10. The summed E-state index contributed by atoms with van der Waals surface area (Å²) in [4.78, 5) is 14.3. The van der Waals surface area contributed by atoms with E-state index in [1.807, 2.05) is 30.3 Å². The maximum atomic E-state index is 14.1. The van der Waals surface area contributed by atoms with Gasteiger partial charge in [0.05, 0.1) is 10.6 Å². The Balaban J connectivity index is 1.47. The molecule has 1 aliphatic rings. The van der Waals surface area contributed by atoms with Crippen LogP contribution in [0, 0.1) is 5.82 Å². The van der Waals surface area contributed by atoms with Crippen LogP contribution >= 0.6 is 47.3 Å². The molecule has 1 aliphatic heterocycles. The van der Waals surface area contributed by atoms with Gasteiger partial charge in [0.2, 0.25) is 0 Å². The van der Waals surface area contributed by atoms with Crippen LogP contribution in [0.2, 0.25) is 5.02 Å². The minimum Gasteiger partial charge on any atom is -0.450 e. The number of nitrogens with zero attached hydrogens (tertiary/aromatic N) is 1. The van der Waals surface area contributed by atoms with Gasteiger partial charge in [0.25, 0.3) is 5.91 Å². The van der Waals surface area contributed by atoms with E-state index in [1.165, 1.54) is 17.0 Å². The normalized spacial score (nSPS) is 15.5. The Labute approximate surface area is 185 Å². The topological polar surface area (TPSA) is 33.5 Å². The molecule has 0 bridgehead atoms. The van der Waals surface area contributed by atoms with E-state index in [0.717, 1.165) is 28.2 Å². The Bertz CT molecular complexity index is 1110. The van der Waals surface area contributed by atoms with Gasteiger partial charge in [-0.05, 0) is 42.0 Å². The number of furan rings is 1. The fourth-order valence-electron chi connectivity index (χ4n) is 2.66. The first kappa shape index (κ1) is 20.2. The smallest absolute Gasteiger partial charge is 0.270 e. The molecule has 29 heavy (non-hydrogen) atoms. The second-order valence-electron chi connectivity index (χ2n) is 6.04. The predicted molar refractivity (Wildman–Crippen MR) is 122 cm³/mol. The number of hydrogen-bond donors (Lipinski definition) is 0. The third kappa shape index (κ3) is 4.59. The number of halogens is 2. The van der Waals surface area contributed by atoms with Crippen LogP contribution in [0.5, 0.6) is 0 Å². The van der Waals surface area contributed by atoms with Gasteiger partial charge in [-0.25, -0.2) is 4.39 Å². The number of carbonyl (C=O) groups excluding carboxylic acids is 1. The number of carbonyl (C=O) groups is 1. The molecule has 0 aliphatic carbocycles. The lowest BCUT2D eigenvalue weighted by molar-refractivity contribution is -0.113. The number of benzene rings is 2. The summed E-state index contributed by atoms with van der Waals surface area (Å²) in [5.74, 6) is 0.415. The van der Waals surface area contributed by atoms with Crippen molar-refractivity contribution in [2.24, 2.45) is 0 Å². The third-order valence-electron chi connectivity index (χ3n) is 4.06. The Morgan fingerprint density at radius 3 is 2.66 bits per heavy atom. The summed E-state index contributed by atoms with van der Waals surface area (Å²) in [5.41, 5.74) is 1.28. The van der Waals surface area contributed by atoms with E-state index in [4.69, 9.17) is 28.2 Å². The van der Waals surface area contributed by atoms with E-state index in [9.17, 15) is 9.18 Å². The van der Waals surface area contributed by atoms with Gasteiger partial charge in [0, 0.05) is 16.9 Å². The first-order valence-corrected chi connectivity index (χ1v) is 11.1. The number of thiocarbonyl (C=S) groups is 1. The van der Waals surface area contributed by atoms with Crippen molar-refractivity contribution in [1.29, 1.82) is 0 Å². The van der Waals surface area contributed by atoms with Crippen molar-refractivity contribution in [3.8, 4) is 0 Å². The van der Waals surface area contributed by atoms with Crippen molar-refractivity contribution < 1.29 is 13.6 Å². The molecule has 146 valence electrons. The van der Waals surface area contributed by atoms with Crippen LogP contribution in [0.3, 0.4) is 0 Å². The highest BCUT2D eigenvalue weighted by Gasteiger charge is 2.34. The largest absolute Gasteiger partial charge is 0.450 e. The number of thioether (sulfide) groups is 2. The van der Waals surface area contributed by atoms with Crippen LogP contribution in [-0.4, -0.2) is 10.2 Å². The molecule has 3 aromatic rings. The number of anilines is 1. The molecule has 1 aromatic heterocycles. The highest BCUT2D eigenvalue weighted by atomic mass is 35.5. The van der Waals surface area contributed by atoms with Gasteiger partial charge in [-0.2, -0.15) is 0 Å². The summed E-state index contributed by atoms with van der Waals surface area (Å²) < 4.78 is 20.2. The van der Waals surface area contributed by atoms with Gasteiger partial charge in [0.15, 0.2) is 9.41 Å². The second-order valence-corrected chi connectivity index (χ2v) is 9.13. The Hall–Kier alpha value is -2.06. The first-order valence-electron chi connectivity index (χ1n) is 8.51. The van der Waals surface area contributed by atoms with Gasteiger partial charge in [0.1, 0.15) is 11.6 Å². The average Bonchev–Trinajstić information content (AvgIpc) is 3.26. The molecule has 1 fully saturated rings. The van der Waals surface area contributed by atoms with Gasteiger partial charge < -0.3 is 4.42 Å². The molecule has 2 aromatic carbocycles. The van der Waals surface area contributed by atoms with Gasteiger partial charge >= 0.3 is 0 Å². The van der Waals surface area contributed by atoms with E-state index in [0.29, 0.717) is 15.7 Å². The van der Waals surface area contributed by atoms with E-state index in [-0.39, 0.29) is 15.9 Å². The molecule has 0 unspecified atom stereocenters. The molecule has 3 nitrogen and oxygen atoms in total. The van der Waals surface area contributed by atoms with Crippen LogP contribution in [0.1, 0.15) is 11.3 Å². The summed E-state index contributed by atoms with van der Waals surface area (Å²) in [6.07, 6.45) is 1.63. The fraction of sp³-hybridized carbons (Fsp3) is 0.0476. The number of amides is 1. The quantitative estimate of drug-likeness (QED) is 0.238. The number of para-hydroxylation sites is 1. The van der Waals surface area contributed by atoms with Crippen molar-refractivity contribution in [2.45, 2.75) is 10.8 Å². The summed E-state index contributed by atoms with van der Waals surface area (Å²) in [6.45, 7) is 0. The van der Waals surface area contributed by atoms with Crippen LogP contribution < -0.4 is 4.90 Å². The van der Waals surface area contributed by atoms with Gasteiger partial charge in [-0.3, -0.25) is 9.69 Å². The minimum atomic E-state index is -0.496. The molecule has 0 spiro atoms. The van der Waals surface area contributed by atoms with E-state index in [1.54, 1.807) is 36.0 Å². The molecule has 0 saturated carbocycles. The molecular formula is C21H13ClFNO2S3. The van der Waals surface area contributed by atoms with Gasteiger partial charge in [-0.15, -0.1) is 0 Å². The highest BCUT2D eigenvalue weighted by Crippen LogP contribution is 2.37. The lowest BCUT2D eigenvalue weighted by Crippen LogP contribution is -2.28. The molecule has 0 N–H and O–H groups in total. The number of rotatable bonds is 5. The van der Waals surface area contributed by atoms with Crippen LogP contribution in [-0.2, 0) is 10.5 Å². The monoisotopic (exact) mass is 461 g/mol. The van der Waals surface area contributed by atoms with E-state index >= 15 is 0 Å². The molecule has 0 radical (unpaired) electrons. The average molecular weight is 462 g/mol. The predicted octanol–water partition coefficient (Wildman–Crippen LogP) is 6.77. The summed E-state index contributed by atoms with van der Waals surface area (Å²) in [5, 5.41) is 1.43. The van der Waals surface area contributed by atoms with Crippen molar-refractivity contribution >= 4 is 69.3 Å². The lowest BCUT2D eigenvalue weighted by Gasteiger charge is -2.14. The highest BCUT2D eigenvalue weighted by molar-refractivity contribution is 8.27. The first-order chi connectivity index (χ1) is 14.0. The molecule has 0 atom stereocenters. The summed E-state index contributed by atoms with van der Waals surface area (Å²) in [7, 11) is 0. The van der Waals surface area contributed by atoms with Crippen molar-refractivity contribution in [3.05, 3.63) is 87.7 Å². The second kappa shape index (κ2) is 8.75. The Morgan fingerprint density at radius 2 is 1.90 bits per heavy atom. The summed E-state index contributed by atoms with van der Waals surface area (Å²) in [6, 6.07) is 17.3. The zero-order valence-corrected chi connectivity index (χ0v) is 18.0. The molecule has 1 amide bonds. The van der Waals surface area contributed by atoms with E-state index < -0.39 is 5.82 Å². The SMILES string of the molecule is O=C1C(=Cc2ccc(SCc3ccc(Cl)cc3)o2)SC(=S)N1c1ccccc1F. The van der Waals surface area contributed by atoms with Gasteiger partial charge in [-0.1, -0.05) is 71.6 Å². The molecular weight excluding hydrogens is 449 g/mol. The maximum Gasteiger partial charge on any atom is 0.270 e. The van der Waals surface area contributed by atoms with Crippen LogP contribution in [0.4, 0.5) is 10.1 Å². The number of hydrogen-bond acceptors (Lipinski definition) is 5. The molecule has 4 rings (SSSR count). The fourth-order valence-corrected chi connectivity index (χ4v) is 4.87. The standard InChI is InChI=1S/C21H13ClFNO2S3/c22-14-7-5-13(6-8-14)12-28-19-10-9-15(26-19)11-18-20(25)24(21(27)29-18)17-4-2-1-3-16(17)23/h1-11H,12H2. The molecule has 1 saturated heterocycles. The maximum absolute atomic E-state index is 14.1. The zero-order valence-electron chi connectivity index (χ0n) is 14.8.